The van der Waals surface area contributed by atoms with Crippen LogP contribution in [0.5, 0.6) is 0 Å². The van der Waals surface area contributed by atoms with Crippen LogP contribution in [-0.2, 0) is 4.74 Å². The molecule has 7 nitrogen and oxygen atoms in total. The summed E-state index contributed by atoms with van der Waals surface area (Å²) in [6.45, 7) is 5.98. The van der Waals surface area contributed by atoms with Gasteiger partial charge < -0.3 is 24.7 Å². The first-order valence-electron chi connectivity index (χ1n) is 9.43. The van der Waals surface area contributed by atoms with E-state index in [1.54, 1.807) is 13.1 Å². The molecule has 1 aliphatic heterocycles. The molecule has 146 valence electrons. The molecule has 1 aromatic heterocycles. The van der Waals surface area contributed by atoms with Crippen molar-refractivity contribution in [2.24, 2.45) is 10.9 Å². The van der Waals surface area contributed by atoms with Gasteiger partial charge in [-0.15, -0.1) is 0 Å². The quantitative estimate of drug-likeness (QED) is 0.419. The molecule has 0 unspecified atom stereocenters. The molecule has 26 heavy (non-hydrogen) atoms. The van der Waals surface area contributed by atoms with Crippen molar-refractivity contribution in [2.45, 2.75) is 32.6 Å². The fourth-order valence-corrected chi connectivity index (χ4v) is 3.08. The molecular formula is C19H32N4O3. The van der Waals surface area contributed by atoms with Crippen LogP contribution < -0.4 is 10.6 Å². The summed E-state index contributed by atoms with van der Waals surface area (Å²) in [5.74, 6) is 1.88. The normalized spacial score (nSPS) is 15.7. The molecule has 2 N–H and O–H groups in total. The summed E-state index contributed by atoms with van der Waals surface area (Å²) in [7, 11) is 3.87. The number of guanidine groups is 1. The highest BCUT2D eigenvalue weighted by Gasteiger charge is 2.15. The van der Waals surface area contributed by atoms with E-state index in [4.69, 9.17) is 9.15 Å². The van der Waals surface area contributed by atoms with Crippen LogP contribution in [0.3, 0.4) is 0 Å². The molecule has 2 heterocycles. The molecule has 0 spiro atoms. The molecule has 0 atom stereocenters. The van der Waals surface area contributed by atoms with Crippen LogP contribution in [0.1, 0.15) is 41.8 Å². The van der Waals surface area contributed by atoms with Gasteiger partial charge in [0.2, 0.25) is 0 Å². The Bertz CT molecular complexity index is 579. The van der Waals surface area contributed by atoms with Crippen LogP contribution in [0.25, 0.3) is 0 Å². The Morgan fingerprint density at radius 3 is 2.69 bits per heavy atom. The van der Waals surface area contributed by atoms with Crippen LogP contribution in [0.15, 0.2) is 21.7 Å². The number of carbonyl (C=O) groups is 1. The molecule has 0 radical (unpaired) electrons. The summed E-state index contributed by atoms with van der Waals surface area (Å²) < 4.78 is 10.6. The molecule has 1 aromatic rings. The number of aliphatic imine (C=N–C) groups is 1. The number of ether oxygens (including phenoxy) is 1. The second kappa shape index (κ2) is 10.9. The third-order valence-corrected chi connectivity index (χ3v) is 4.78. The van der Waals surface area contributed by atoms with Crippen LogP contribution in [0.4, 0.5) is 0 Å². The van der Waals surface area contributed by atoms with Crippen molar-refractivity contribution >= 4 is 11.9 Å². The second-order valence-electron chi connectivity index (χ2n) is 6.78. The molecule has 1 fully saturated rings. The lowest BCUT2D eigenvalue weighted by Crippen LogP contribution is -2.41. The standard InChI is InChI=1S/C19H32N4O3/c1-15-6-14-26-17(15)18(24)21-9-4-10-22-19(20-2)23(3)11-5-16-7-12-25-13-8-16/h6,14,16H,4-5,7-13H2,1-3H3,(H,20,22)(H,21,24). The molecular weight excluding hydrogens is 332 g/mol. The van der Waals surface area contributed by atoms with E-state index in [2.05, 4.69) is 27.6 Å². The van der Waals surface area contributed by atoms with Crippen molar-refractivity contribution in [3.05, 3.63) is 23.7 Å². The number of amides is 1. The van der Waals surface area contributed by atoms with Gasteiger partial charge in [-0.05, 0) is 44.6 Å². The van der Waals surface area contributed by atoms with Gasteiger partial charge in [0.25, 0.3) is 5.91 Å². The molecule has 1 saturated heterocycles. The number of carbonyl (C=O) groups excluding carboxylic acids is 1. The zero-order valence-electron chi connectivity index (χ0n) is 16.2. The van der Waals surface area contributed by atoms with Gasteiger partial charge in [0.1, 0.15) is 0 Å². The van der Waals surface area contributed by atoms with Gasteiger partial charge in [0, 0.05) is 52.5 Å². The number of aryl methyl sites for hydroxylation is 1. The Morgan fingerprint density at radius 2 is 2.04 bits per heavy atom. The lowest BCUT2D eigenvalue weighted by Gasteiger charge is -2.26. The fourth-order valence-electron chi connectivity index (χ4n) is 3.08. The Hall–Kier alpha value is -2.02. The summed E-state index contributed by atoms with van der Waals surface area (Å²) in [4.78, 5) is 18.5. The van der Waals surface area contributed by atoms with E-state index in [-0.39, 0.29) is 5.91 Å². The highest BCUT2D eigenvalue weighted by atomic mass is 16.5. The minimum Gasteiger partial charge on any atom is -0.459 e. The van der Waals surface area contributed by atoms with Crippen molar-refractivity contribution < 1.29 is 13.9 Å². The van der Waals surface area contributed by atoms with Gasteiger partial charge in [-0.1, -0.05) is 0 Å². The summed E-state index contributed by atoms with van der Waals surface area (Å²) >= 11 is 0. The van der Waals surface area contributed by atoms with E-state index in [0.29, 0.717) is 12.3 Å². The largest absolute Gasteiger partial charge is 0.459 e. The molecule has 1 amide bonds. The monoisotopic (exact) mass is 364 g/mol. The molecule has 1 aliphatic rings. The Morgan fingerprint density at radius 1 is 1.31 bits per heavy atom. The zero-order valence-corrected chi connectivity index (χ0v) is 16.2. The third-order valence-electron chi connectivity index (χ3n) is 4.78. The lowest BCUT2D eigenvalue weighted by molar-refractivity contribution is 0.0625. The van der Waals surface area contributed by atoms with Crippen LogP contribution in [-0.4, -0.2) is 63.7 Å². The Kier molecular flexibility index (Phi) is 8.47. The van der Waals surface area contributed by atoms with E-state index >= 15 is 0 Å². The fraction of sp³-hybridized carbons (Fsp3) is 0.684. The molecule has 7 heteroatoms. The van der Waals surface area contributed by atoms with Crippen molar-refractivity contribution in [3.63, 3.8) is 0 Å². The second-order valence-corrected chi connectivity index (χ2v) is 6.78. The van der Waals surface area contributed by atoms with Crippen LogP contribution in [0, 0.1) is 12.8 Å². The summed E-state index contributed by atoms with van der Waals surface area (Å²) in [5, 5.41) is 6.23. The first-order chi connectivity index (χ1) is 12.6. The average Bonchev–Trinajstić information content (AvgIpc) is 3.09. The van der Waals surface area contributed by atoms with Gasteiger partial charge in [-0.3, -0.25) is 9.79 Å². The number of rotatable bonds is 8. The maximum absolute atomic E-state index is 12.0. The lowest BCUT2D eigenvalue weighted by atomic mass is 9.96. The minimum atomic E-state index is -0.162. The SMILES string of the molecule is CN=C(NCCCNC(=O)c1occc1C)N(C)CCC1CCOCC1. The van der Waals surface area contributed by atoms with E-state index < -0.39 is 0 Å². The minimum absolute atomic E-state index is 0.162. The number of hydrogen-bond donors (Lipinski definition) is 2. The first kappa shape index (κ1) is 20.3. The summed E-state index contributed by atoms with van der Waals surface area (Å²) in [6, 6.07) is 1.79. The third kappa shape index (κ3) is 6.37. The maximum atomic E-state index is 12.0. The molecule has 0 aromatic carbocycles. The van der Waals surface area contributed by atoms with Crippen LogP contribution in [0.2, 0.25) is 0 Å². The molecule has 0 saturated carbocycles. The predicted octanol–water partition coefficient (Wildman–Crippen LogP) is 2.03. The van der Waals surface area contributed by atoms with Gasteiger partial charge >= 0.3 is 0 Å². The van der Waals surface area contributed by atoms with Crippen molar-refractivity contribution in [1.29, 1.82) is 0 Å². The van der Waals surface area contributed by atoms with E-state index in [0.717, 1.165) is 63.0 Å². The number of nitrogens with one attached hydrogen (secondary N) is 2. The number of furan rings is 1. The van der Waals surface area contributed by atoms with Crippen molar-refractivity contribution in [1.82, 2.24) is 15.5 Å². The van der Waals surface area contributed by atoms with Gasteiger partial charge in [-0.25, -0.2) is 0 Å². The van der Waals surface area contributed by atoms with Crippen molar-refractivity contribution in [2.75, 3.05) is 46.9 Å². The highest BCUT2D eigenvalue weighted by molar-refractivity contribution is 5.92. The van der Waals surface area contributed by atoms with E-state index in [9.17, 15) is 4.79 Å². The average molecular weight is 364 g/mol. The smallest absolute Gasteiger partial charge is 0.287 e. The summed E-state index contributed by atoms with van der Waals surface area (Å²) in [5.41, 5.74) is 0.854. The number of nitrogens with zero attached hydrogens (tertiary/aromatic N) is 2. The maximum Gasteiger partial charge on any atom is 0.287 e. The molecule has 0 aliphatic carbocycles. The topological polar surface area (TPSA) is 79.1 Å². The van der Waals surface area contributed by atoms with Gasteiger partial charge in [0.05, 0.1) is 6.26 Å². The zero-order chi connectivity index (χ0) is 18.8. The first-order valence-corrected chi connectivity index (χ1v) is 9.43. The highest BCUT2D eigenvalue weighted by Crippen LogP contribution is 2.18. The van der Waals surface area contributed by atoms with Crippen LogP contribution >= 0.6 is 0 Å². The summed E-state index contributed by atoms with van der Waals surface area (Å²) in [6.07, 6.45) is 5.84. The molecule has 2 rings (SSSR count). The van der Waals surface area contributed by atoms with Gasteiger partial charge in [-0.2, -0.15) is 0 Å². The predicted molar refractivity (Wildman–Crippen MR) is 103 cm³/mol. The van der Waals surface area contributed by atoms with E-state index in [1.165, 1.54) is 12.7 Å². The number of hydrogen-bond acceptors (Lipinski definition) is 4. The Labute approximate surface area is 156 Å². The molecule has 0 bridgehead atoms. The Balaban J connectivity index is 1.60. The van der Waals surface area contributed by atoms with Gasteiger partial charge in [0.15, 0.2) is 11.7 Å². The van der Waals surface area contributed by atoms with Crippen molar-refractivity contribution in [3.8, 4) is 0 Å². The van der Waals surface area contributed by atoms with E-state index in [1.807, 2.05) is 6.92 Å².